The molecule has 3 aromatic heterocycles. The van der Waals surface area contributed by atoms with E-state index in [1.54, 1.807) is 6.33 Å². The van der Waals surface area contributed by atoms with Gasteiger partial charge in [-0.1, -0.05) is 28.3 Å². The van der Waals surface area contributed by atoms with Crippen molar-refractivity contribution in [3.05, 3.63) is 66.5 Å². The van der Waals surface area contributed by atoms with E-state index in [0.717, 1.165) is 29.8 Å². The first kappa shape index (κ1) is 28.3. The molecule has 3 heterocycles. The molecule has 1 aromatic carbocycles. The van der Waals surface area contributed by atoms with Crippen molar-refractivity contribution < 1.29 is 0 Å². The van der Waals surface area contributed by atoms with Gasteiger partial charge in [-0.3, -0.25) is 0 Å². The van der Waals surface area contributed by atoms with Crippen LogP contribution in [0, 0.1) is 20.8 Å². The maximum Gasteiger partial charge on any atom is 0.0949 e. The van der Waals surface area contributed by atoms with Crippen molar-refractivity contribution in [1.29, 1.82) is 0 Å². The van der Waals surface area contributed by atoms with Crippen LogP contribution in [0.1, 0.15) is 53.1 Å². The number of aromatic amines is 1. The van der Waals surface area contributed by atoms with E-state index < -0.39 is 0 Å². The van der Waals surface area contributed by atoms with Crippen molar-refractivity contribution in [1.82, 2.24) is 29.1 Å². The normalized spacial score (nSPS) is 9.00. The Bertz CT molecular complexity index is 916. The number of hydrogen-bond donors (Lipinski definition) is 1. The molecule has 4 aromatic rings. The van der Waals surface area contributed by atoms with Gasteiger partial charge in [0.1, 0.15) is 0 Å². The summed E-state index contributed by atoms with van der Waals surface area (Å²) in [5.41, 5.74) is 5.72. The van der Waals surface area contributed by atoms with Gasteiger partial charge < -0.3 is 14.1 Å². The van der Waals surface area contributed by atoms with Crippen LogP contribution in [0.4, 0.5) is 0 Å². The highest BCUT2D eigenvalue weighted by atomic mass is 15.0. The molecular formula is C23H40N6. The van der Waals surface area contributed by atoms with E-state index in [4.69, 9.17) is 0 Å². The van der Waals surface area contributed by atoms with Gasteiger partial charge in [0.05, 0.1) is 35.7 Å². The van der Waals surface area contributed by atoms with Crippen LogP contribution in [0.2, 0.25) is 0 Å². The van der Waals surface area contributed by atoms with Gasteiger partial charge in [-0.25, -0.2) is 15.0 Å². The minimum atomic E-state index is 0. The zero-order valence-corrected chi connectivity index (χ0v) is 16.3. The van der Waals surface area contributed by atoms with Crippen molar-refractivity contribution >= 4 is 11.0 Å². The molecule has 0 bridgehead atoms. The molecule has 0 spiro atoms. The van der Waals surface area contributed by atoms with Crippen LogP contribution in [0.15, 0.2) is 49.6 Å². The molecule has 0 aliphatic carbocycles. The third kappa shape index (κ3) is 8.77. The lowest BCUT2D eigenvalue weighted by Gasteiger charge is -1.95. The Labute approximate surface area is 177 Å². The molecule has 0 aliphatic rings. The fourth-order valence-corrected chi connectivity index (χ4v) is 2.41. The average Bonchev–Trinajstić information content (AvgIpc) is 3.36. The second-order valence-corrected chi connectivity index (χ2v) is 6.09. The molecule has 0 radical (unpaired) electrons. The highest BCUT2D eigenvalue weighted by Crippen LogP contribution is 2.09. The molecule has 1 N–H and O–H groups in total. The van der Waals surface area contributed by atoms with E-state index in [0.29, 0.717) is 0 Å². The molecular weight excluding hydrogens is 360 g/mol. The summed E-state index contributed by atoms with van der Waals surface area (Å²) in [4.78, 5) is 15.2. The van der Waals surface area contributed by atoms with E-state index in [2.05, 4.69) is 68.9 Å². The molecule has 0 aliphatic heterocycles. The van der Waals surface area contributed by atoms with Crippen molar-refractivity contribution in [2.45, 2.75) is 70.0 Å². The zero-order chi connectivity index (χ0) is 18.9. The number of fused-ring (bicyclic) bond motifs is 1. The van der Waals surface area contributed by atoms with E-state index in [1.807, 2.05) is 38.0 Å². The van der Waals surface area contributed by atoms with Gasteiger partial charge in [-0.05, 0) is 52.3 Å². The number of aryl methyl sites for hydroxylation is 5. The number of nitrogens with zero attached hydrogens (tertiary/aromatic N) is 5. The van der Waals surface area contributed by atoms with Crippen molar-refractivity contribution in [2.24, 2.45) is 0 Å². The second kappa shape index (κ2) is 14.2. The largest absolute Gasteiger partial charge is 0.345 e. The van der Waals surface area contributed by atoms with Crippen molar-refractivity contribution in [3.8, 4) is 0 Å². The number of H-pyrrole nitrogens is 1. The maximum atomic E-state index is 4.10. The SMILES string of the molecule is C.C.C.CCn1cnc(C)c1.CCn1cncc1C.Cc1ccc2nc[nH]c2c1. The van der Waals surface area contributed by atoms with Gasteiger partial charge in [-0.2, -0.15) is 0 Å². The Hall–Kier alpha value is -2.89. The molecule has 0 amide bonds. The molecule has 162 valence electrons. The van der Waals surface area contributed by atoms with Gasteiger partial charge in [0.25, 0.3) is 0 Å². The lowest BCUT2D eigenvalue weighted by atomic mass is 10.2. The molecule has 0 atom stereocenters. The Morgan fingerprint density at radius 2 is 1.66 bits per heavy atom. The van der Waals surface area contributed by atoms with E-state index in [1.165, 1.54) is 11.3 Å². The maximum absolute atomic E-state index is 4.10. The van der Waals surface area contributed by atoms with Gasteiger partial charge in [0.15, 0.2) is 0 Å². The van der Waals surface area contributed by atoms with Crippen LogP contribution >= 0.6 is 0 Å². The zero-order valence-electron chi connectivity index (χ0n) is 16.3. The quantitative estimate of drug-likeness (QED) is 0.435. The Morgan fingerprint density at radius 3 is 2.10 bits per heavy atom. The summed E-state index contributed by atoms with van der Waals surface area (Å²) in [5, 5.41) is 0. The lowest BCUT2D eigenvalue weighted by Crippen LogP contribution is -1.92. The van der Waals surface area contributed by atoms with Crippen LogP contribution in [-0.4, -0.2) is 29.1 Å². The molecule has 6 nitrogen and oxygen atoms in total. The van der Waals surface area contributed by atoms with Crippen LogP contribution in [-0.2, 0) is 13.1 Å². The summed E-state index contributed by atoms with van der Waals surface area (Å²) < 4.78 is 4.15. The highest BCUT2D eigenvalue weighted by molar-refractivity contribution is 5.74. The minimum absolute atomic E-state index is 0. The van der Waals surface area contributed by atoms with Gasteiger partial charge in [0.2, 0.25) is 0 Å². The predicted octanol–water partition coefficient (Wildman–Crippen LogP) is 6.20. The standard InChI is InChI=1S/C8H8N2.2C6H10N2.3CH4/c1-6-2-3-7-8(4-6)10-5-9-7;1-3-8-4-6(2)7-5-8;1-3-8-5-7-4-6(8)2;;;/h2-5H,1H3,(H,9,10);2*4-5H,3H2,1-2H3;3*1H4. The molecule has 4 rings (SSSR count). The minimum Gasteiger partial charge on any atom is -0.345 e. The first-order chi connectivity index (χ1) is 12.5. The molecule has 0 saturated carbocycles. The topological polar surface area (TPSA) is 64.3 Å². The number of benzene rings is 1. The number of hydrogen-bond acceptors (Lipinski definition) is 3. The molecule has 0 fully saturated rings. The van der Waals surface area contributed by atoms with Crippen LogP contribution in [0.5, 0.6) is 0 Å². The van der Waals surface area contributed by atoms with Gasteiger partial charge in [-0.15, -0.1) is 0 Å². The van der Waals surface area contributed by atoms with Crippen LogP contribution in [0.3, 0.4) is 0 Å². The number of rotatable bonds is 2. The molecule has 0 unspecified atom stereocenters. The smallest absolute Gasteiger partial charge is 0.0949 e. The molecule has 6 heteroatoms. The van der Waals surface area contributed by atoms with Crippen molar-refractivity contribution in [3.63, 3.8) is 0 Å². The summed E-state index contributed by atoms with van der Waals surface area (Å²) >= 11 is 0. The molecule has 0 saturated heterocycles. The predicted molar refractivity (Wildman–Crippen MR) is 126 cm³/mol. The average molecular weight is 401 g/mol. The second-order valence-electron chi connectivity index (χ2n) is 6.09. The van der Waals surface area contributed by atoms with Crippen molar-refractivity contribution in [2.75, 3.05) is 0 Å². The third-order valence-corrected chi connectivity index (χ3v) is 3.96. The lowest BCUT2D eigenvalue weighted by molar-refractivity contribution is 0.737. The summed E-state index contributed by atoms with van der Waals surface area (Å²) in [6.45, 7) is 12.4. The Kier molecular flexibility index (Phi) is 13.8. The number of nitrogens with one attached hydrogen (secondary N) is 1. The van der Waals surface area contributed by atoms with Gasteiger partial charge in [0, 0.05) is 31.2 Å². The fraction of sp³-hybridized carbons (Fsp3) is 0.435. The Morgan fingerprint density at radius 1 is 0.931 bits per heavy atom. The van der Waals surface area contributed by atoms with Gasteiger partial charge >= 0.3 is 0 Å². The van der Waals surface area contributed by atoms with E-state index in [-0.39, 0.29) is 22.3 Å². The summed E-state index contributed by atoms with van der Waals surface area (Å²) in [5.74, 6) is 0. The van der Waals surface area contributed by atoms with Crippen LogP contribution < -0.4 is 0 Å². The number of imidazole rings is 3. The monoisotopic (exact) mass is 400 g/mol. The number of aromatic nitrogens is 6. The van der Waals surface area contributed by atoms with E-state index in [9.17, 15) is 0 Å². The highest BCUT2D eigenvalue weighted by Gasteiger charge is 1.92. The Balaban J connectivity index is 0. The summed E-state index contributed by atoms with van der Waals surface area (Å²) in [6, 6.07) is 6.16. The summed E-state index contributed by atoms with van der Waals surface area (Å²) in [6.07, 6.45) is 9.29. The summed E-state index contributed by atoms with van der Waals surface area (Å²) in [7, 11) is 0. The van der Waals surface area contributed by atoms with E-state index >= 15 is 0 Å². The fourth-order valence-electron chi connectivity index (χ4n) is 2.41. The van der Waals surface area contributed by atoms with Crippen LogP contribution in [0.25, 0.3) is 11.0 Å². The first-order valence-corrected chi connectivity index (χ1v) is 8.88. The first-order valence-electron chi connectivity index (χ1n) is 8.88. The third-order valence-electron chi connectivity index (χ3n) is 3.96. The molecule has 29 heavy (non-hydrogen) atoms.